The Morgan fingerprint density at radius 1 is 1.10 bits per heavy atom. The van der Waals surface area contributed by atoms with Gasteiger partial charge in [-0.2, -0.15) is 0 Å². The summed E-state index contributed by atoms with van der Waals surface area (Å²) in [4.78, 5) is 46.7. The highest BCUT2D eigenvalue weighted by atomic mass is 35.5. The molecule has 3 atom stereocenters. The molecule has 3 N–H and O–H groups in total. The van der Waals surface area contributed by atoms with Crippen LogP contribution in [0.2, 0.25) is 5.02 Å². The van der Waals surface area contributed by atoms with Crippen LogP contribution in [0.15, 0.2) is 77.5 Å². The van der Waals surface area contributed by atoms with Crippen molar-refractivity contribution in [3.8, 4) is 0 Å². The lowest BCUT2D eigenvalue weighted by Gasteiger charge is -2.43. The average Bonchev–Trinajstić information content (AvgIpc) is 3.62. The normalized spacial score (nSPS) is 21.6. The number of ether oxygens (including phenoxy) is 2. The van der Waals surface area contributed by atoms with Gasteiger partial charge in [-0.3, -0.25) is 14.9 Å². The molecule has 0 bridgehead atoms. The number of nitrogens with zero attached hydrogens (tertiary/aromatic N) is 1. The van der Waals surface area contributed by atoms with E-state index in [1.54, 1.807) is 12.1 Å². The number of nitrogens with one attached hydrogen (secondary N) is 3. The first-order valence-electron chi connectivity index (χ1n) is 16.4. The Balaban J connectivity index is 1.28. The second-order valence-electron chi connectivity index (χ2n) is 12.1. The van der Waals surface area contributed by atoms with Crippen LogP contribution in [0.1, 0.15) is 63.6 Å². The maximum atomic E-state index is 14.6. The minimum absolute atomic E-state index is 0.0203. The van der Waals surface area contributed by atoms with Gasteiger partial charge in [-0.15, -0.1) is 0 Å². The summed E-state index contributed by atoms with van der Waals surface area (Å²) in [6, 6.07) is 17.0. The number of rotatable bonds is 11. The lowest BCUT2D eigenvalue weighted by Crippen LogP contribution is -2.58. The molecule has 12 heteroatoms. The lowest BCUT2D eigenvalue weighted by atomic mass is 9.73. The third-order valence-corrected chi connectivity index (χ3v) is 9.53. The molecular formula is C37H38ClFN4O6. The molecule has 3 aliphatic rings. The summed E-state index contributed by atoms with van der Waals surface area (Å²) in [5, 5.41) is 14.0. The molecule has 3 aromatic rings. The van der Waals surface area contributed by atoms with Crippen molar-refractivity contribution in [1.29, 1.82) is 0 Å². The van der Waals surface area contributed by atoms with Gasteiger partial charge in [0.05, 0.1) is 23.4 Å². The Morgan fingerprint density at radius 2 is 1.94 bits per heavy atom. The molecule has 256 valence electrons. The van der Waals surface area contributed by atoms with Crippen LogP contribution in [0.25, 0.3) is 0 Å². The van der Waals surface area contributed by atoms with Crippen LogP contribution in [0.4, 0.5) is 10.1 Å². The van der Waals surface area contributed by atoms with Gasteiger partial charge in [-0.05, 0) is 73.2 Å². The van der Waals surface area contributed by atoms with Crippen LogP contribution in [-0.2, 0) is 31.1 Å². The number of hydrogen-bond acceptors (Lipinski definition) is 9. The highest BCUT2D eigenvalue weighted by molar-refractivity contribution is 6.31. The number of carbonyl (C=O) groups excluding carboxylic acids is 3. The Morgan fingerprint density at radius 3 is 2.76 bits per heavy atom. The van der Waals surface area contributed by atoms with Crippen LogP contribution in [0, 0.1) is 5.82 Å². The van der Waals surface area contributed by atoms with Crippen molar-refractivity contribution < 1.29 is 33.1 Å². The number of benzene rings is 3. The minimum Gasteiger partial charge on any atom is -0.465 e. The Kier molecular flexibility index (Phi) is 10.5. The topological polar surface area (TPSA) is 127 Å². The highest BCUT2D eigenvalue weighted by Gasteiger charge is 2.47. The van der Waals surface area contributed by atoms with E-state index < -0.39 is 29.2 Å². The maximum absolute atomic E-state index is 14.6. The average molecular weight is 689 g/mol. The van der Waals surface area contributed by atoms with E-state index in [1.165, 1.54) is 31.4 Å². The van der Waals surface area contributed by atoms with Crippen LogP contribution >= 0.6 is 11.6 Å². The second-order valence-corrected chi connectivity index (χ2v) is 12.5. The zero-order valence-corrected chi connectivity index (χ0v) is 28.1. The van der Waals surface area contributed by atoms with E-state index in [-0.39, 0.29) is 45.8 Å². The number of carbonyl (C=O) groups is 3. The number of ketones is 1. The zero-order chi connectivity index (χ0) is 34.5. The van der Waals surface area contributed by atoms with E-state index in [9.17, 15) is 18.8 Å². The first-order valence-corrected chi connectivity index (χ1v) is 16.7. The van der Waals surface area contributed by atoms with E-state index in [1.807, 2.05) is 31.2 Å². The number of oxime groups is 1. The number of Topliss-reactive ketones (excluding diaryl/α,β-unsaturated/α-hetero) is 1. The molecule has 49 heavy (non-hydrogen) atoms. The van der Waals surface area contributed by atoms with Crippen LogP contribution < -0.4 is 16.0 Å². The fourth-order valence-corrected chi connectivity index (χ4v) is 6.96. The van der Waals surface area contributed by atoms with Crippen LogP contribution in [-0.4, -0.2) is 68.9 Å². The molecule has 3 heterocycles. The molecule has 6 rings (SSSR count). The first kappa shape index (κ1) is 34.4. The molecule has 10 nitrogen and oxygen atoms in total. The van der Waals surface area contributed by atoms with Gasteiger partial charge < -0.3 is 24.9 Å². The fourth-order valence-electron chi connectivity index (χ4n) is 6.79. The summed E-state index contributed by atoms with van der Waals surface area (Å²) >= 11 is 5.93. The fraction of sp³-hybridized carbons (Fsp3) is 0.351. The molecule has 0 fully saturated rings. The van der Waals surface area contributed by atoms with E-state index in [0.29, 0.717) is 38.4 Å². The molecule has 3 aromatic carbocycles. The highest BCUT2D eigenvalue weighted by Crippen LogP contribution is 2.40. The predicted molar refractivity (Wildman–Crippen MR) is 184 cm³/mol. The number of esters is 1. The summed E-state index contributed by atoms with van der Waals surface area (Å²) in [6.45, 7) is 4.41. The quantitative estimate of drug-likeness (QED) is 0.107. The number of halogens is 2. The monoisotopic (exact) mass is 688 g/mol. The van der Waals surface area contributed by atoms with E-state index in [2.05, 4.69) is 27.2 Å². The minimum atomic E-state index is -1.16. The smallest absolute Gasteiger partial charge is 0.338 e. The van der Waals surface area contributed by atoms with Crippen molar-refractivity contribution in [1.82, 2.24) is 10.6 Å². The van der Waals surface area contributed by atoms with Gasteiger partial charge in [-0.1, -0.05) is 53.2 Å². The van der Waals surface area contributed by atoms with E-state index in [0.717, 1.165) is 29.5 Å². The maximum Gasteiger partial charge on any atom is 0.338 e. The van der Waals surface area contributed by atoms with Crippen molar-refractivity contribution in [2.75, 3.05) is 38.7 Å². The second kappa shape index (κ2) is 15.0. The number of anilines is 1. The van der Waals surface area contributed by atoms with Crippen LogP contribution in [0.5, 0.6) is 0 Å². The molecule has 3 aliphatic heterocycles. The van der Waals surface area contributed by atoms with Gasteiger partial charge in [0.15, 0.2) is 11.9 Å². The van der Waals surface area contributed by atoms with Crippen molar-refractivity contribution >= 4 is 40.7 Å². The van der Waals surface area contributed by atoms with Gasteiger partial charge in [0.1, 0.15) is 5.54 Å². The molecular weight excluding hydrogens is 651 g/mol. The Bertz CT molecular complexity index is 1830. The Labute approximate surface area is 289 Å². The van der Waals surface area contributed by atoms with E-state index in [4.69, 9.17) is 25.9 Å². The summed E-state index contributed by atoms with van der Waals surface area (Å²) in [7, 11) is 1.21. The number of fused-ring (bicyclic) bond motifs is 1. The third kappa shape index (κ3) is 6.89. The Hall–Kier alpha value is -4.42. The molecule has 0 spiro atoms. The van der Waals surface area contributed by atoms with Gasteiger partial charge in [0, 0.05) is 55.6 Å². The summed E-state index contributed by atoms with van der Waals surface area (Å²) in [6.07, 6.45) is 3.14. The van der Waals surface area contributed by atoms with E-state index >= 15 is 0 Å². The molecule has 0 saturated carbocycles. The third-order valence-electron chi connectivity index (χ3n) is 9.24. The van der Waals surface area contributed by atoms with Crippen molar-refractivity contribution in [3.05, 3.63) is 111 Å². The number of methoxy groups -OCH3 is 1. The SMILES string of the molecule is CCOCCC1CC([C@]2(C(=O)Nc3ccc(C(=O)[C@H]4CC(c5cccc(Cl)c5F)=NO4)c(C(=O)OC)c3)NCCc3ccccc32)=CCN1. The zero-order valence-electron chi connectivity index (χ0n) is 27.3. The standard InChI is InChI=1S/C37H38ClFN4O6/c1-3-48-18-15-24-19-23(14-16-40-24)37(29-9-5-4-7-22(29)13-17-41-37)36(46)42-25-11-12-26(28(20-25)35(45)47-2)34(44)32-21-31(43-49-32)27-8-6-10-30(38)33(27)39/h4-12,14,20,24,32,40-41H,3,13,15-19,21H2,1-2H3,(H,42,46)/t24?,32-,37+/m1/s1. The van der Waals surface area contributed by atoms with Gasteiger partial charge in [0.2, 0.25) is 5.78 Å². The molecule has 0 radical (unpaired) electrons. The van der Waals surface area contributed by atoms with Crippen molar-refractivity contribution in [3.63, 3.8) is 0 Å². The molecule has 0 aliphatic carbocycles. The lowest BCUT2D eigenvalue weighted by molar-refractivity contribution is -0.121. The van der Waals surface area contributed by atoms with Crippen molar-refractivity contribution in [2.45, 2.75) is 50.3 Å². The van der Waals surface area contributed by atoms with Gasteiger partial charge in [0.25, 0.3) is 5.91 Å². The molecule has 0 aromatic heterocycles. The molecule has 1 amide bonds. The summed E-state index contributed by atoms with van der Waals surface area (Å²) in [5.41, 5.74) is 2.36. The van der Waals surface area contributed by atoms with Gasteiger partial charge >= 0.3 is 5.97 Å². The van der Waals surface area contributed by atoms with Crippen LogP contribution in [0.3, 0.4) is 0 Å². The number of hydrogen-bond donors (Lipinski definition) is 3. The number of amides is 1. The van der Waals surface area contributed by atoms with Crippen molar-refractivity contribution in [2.24, 2.45) is 5.16 Å². The predicted octanol–water partition coefficient (Wildman–Crippen LogP) is 5.34. The van der Waals surface area contributed by atoms with Gasteiger partial charge in [-0.25, -0.2) is 9.18 Å². The molecule has 0 saturated heterocycles. The molecule has 1 unspecified atom stereocenters. The first-order chi connectivity index (χ1) is 23.8. The summed E-state index contributed by atoms with van der Waals surface area (Å²) < 4.78 is 25.3. The summed E-state index contributed by atoms with van der Waals surface area (Å²) in [5.74, 6) is -2.29. The largest absolute Gasteiger partial charge is 0.465 e.